The molecule has 1 unspecified atom stereocenters. The van der Waals surface area contributed by atoms with E-state index in [4.69, 9.17) is 14.2 Å². The molecule has 0 radical (unpaired) electrons. The van der Waals surface area contributed by atoms with Crippen LogP contribution in [-0.2, 0) is 20.9 Å². The summed E-state index contributed by atoms with van der Waals surface area (Å²) in [6.45, 7) is 5.54. The number of esters is 1. The molecule has 8 heteroatoms. The fourth-order valence-electron chi connectivity index (χ4n) is 4.60. The maximum Gasteiger partial charge on any atom is 0.338 e. The molecule has 0 spiro atoms. The normalized spacial score (nSPS) is 16.5. The number of aliphatic hydroxyl groups excluding tert-OH is 1. The van der Waals surface area contributed by atoms with Crippen molar-refractivity contribution in [3.8, 4) is 11.5 Å². The van der Waals surface area contributed by atoms with Gasteiger partial charge in [0.1, 0.15) is 17.3 Å². The van der Waals surface area contributed by atoms with E-state index in [-0.39, 0.29) is 29.5 Å². The van der Waals surface area contributed by atoms with E-state index in [1.165, 1.54) is 19.1 Å². The molecule has 1 aliphatic rings. The average Bonchev–Trinajstić information content (AvgIpc) is 3.17. The zero-order chi connectivity index (χ0) is 28.3. The molecule has 1 N–H and O–H groups in total. The van der Waals surface area contributed by atoms with Gasteiger partial charge < -0.3 is 24.2 Å². The van der Waals surface area contributed by atoms with Crippen LogP contribution in [0.3, 0.4) is 0 Å². The average molecular weight is 530 g/mol. The summed E-state index contributed by atoms with van der Waals surface area (Å²) in [7, 11) is 2.95. The number of ketones is 1. The molecule has 1 heterocycles. The Morgan fingerprint density at radius 3 is 2.31 bits per heavy atom. The Morgan fingerprint density at radius 2 is 1.69 bits per heavy atom. The number of rotatable bonds is 8. The topological polar surface area (TPSA) is 102 Å². The van der Waals surface area contributed by atoms with E-state index in [0.29, 0.717) is 28.2 Å². The van der Waals surface area contributed by atoms with Gasteiger partial charge in [0.15, 0.2) is 0 Å². The Balaban J connectivity index is 1.80. The van der Waals surface area contributed by atoms with E-state index >= 15 is 0 Å². The molecular weight excluding hydrogens is 498 g/mol. The number of aliphatic hydroxyl groups is 1. The lowest BCUT2D eigenvalue weighted by Crippen LogP contribution is -2.29. The lowest BCUT2D eigenvalue weighted by molar-refractivity contribution is -0.140. The highest BCUT2D eigenvalue weighted by Crippen LogP contribution is 2.42. The Kier molecular flexibility index (Phi) is 8.04. The second-order valence-corrected chi connectivity index (χ2v) is 9.56. The number of amides is 1. The lowest BCUT2D eigenvalue weighted by atomic mass is 9.94. The molecule has 3 aromatic carbocycles. The van der Waals surface area contributed by atoms with Crippen LogP contribution in [0.1, 0.15) is 52.5 Å². The minimum atomic E-state index is -0.855. The van der Waals surface area contributed by atoms with Gasteiger partial charge in [0.05, 0.1) is 43.1 Å². The minimum Gasteiger partial charge on any atom is -0.507 e. The smallest absolute Gasteiger partial charge is 0.338 e. The third-order valence-corrected chi connectivity index (χ3v) is 6.44. The molecule has 1 saturated heterocycles. The predicted octanol–water partition coefficient (Wildman–Crippen LogP) is 5.20. The van der Waals surface area contributed by atoms with Crippen molar-refractivity contribution in [2.45, 2.75) is 39.5 Å². The van der Waals surface area contributed by atoms with Crippen molar-refractivity contribution < 1.29 is 33.7 Å². The molecule has 1 atom stereocenters. The molecule has 1 amide bonds. The van der Waals surface area contributed by atoms with Crippen LogP contribution in [0.4, 0.5) is 0 Å². The van der Waals surface area contributed by atoms with Gasteiger partial charge in [-0.2, -0.15) is 0 Å². The van der Waals surface area contributed by atoms with Crippen LogP contribution in [0.25, 0.3) is 5.76 Å². The van der Waals surface area contributed by atoms with Crippen LogP contribution in [0.2, 0.25) is 0 Å². The van der Waals surface area contributed by atoms with E-state index in [2.05, 4.69) is 0 Å². The molecule has 0 aromatic heterocycles. The Bertz CT molecular complexity index is 1440. The third-order valence-electron chi connectivity index (χ3n) is 6.44. The first-order valence-electron chi connectivity index (χ1n) is 12.5. The summed E-state index contributed by atoms with van der Waals surface area (Å²) >= 11 is 0. The maximum atomic E-state index is 13.4. The highest BCUT2D eigenvalue weighted by molar-refractivity contribution is 6.46. The third kappa shape index (κ3) is 5.65. The summed E-state index contributed by atoms with van der Waals surface area (Å²) in [6.07, 6.45) is -0.249. The molecule has 3 aromatic rings. The van der Waals surface area contributed by atoms with E-state index in [1.807, 2.05) is 31.2 Å². The summed E-state index contributed by atoms with van der Waals surface area (Å²) in [6, 6.07) is 18.1. The first kappa shape index (κ1) is 27.4. The molecule has 1 aliphatic heterocycles. The van der Waals surface area contributed by atoms with Gasteiger partial charge in [0, 0.05) is 6.54 Å². The number of Topliss-reactive ketones (excluding diaryl/α,β-unsaturated/α-hetero) is 1. The first-order chi connectivity index (χ1) is 18.6. The summed E-state index contributed by atoms with van der Waals surface area (Å²) in [5.74, 6) is -1.57. The quantitative estimate of drug-likeness (QED) is 0.185. The number of carbonyl (C=O) groups is 3. The van der Waals surface area contributed by atoms with Crippen molar-refractivity contribution in [2.75, 3.05) is 14.2 Å². The maximum absolute atomic E-state index is 13.4. The van der Waals surface area contributed by atoms with E-state index in [0.717, 1.165) is 5.56 Å². The van der Waals surface area contributed by atoms with Crippen molar-refractivity contribution in [1.29, 1.82) is 0 Å². The van der Waals surface area contributed by atoms with Crippen LogP contribution in [0.15, 0.2) is 72.3 Å². The number of benzene rings is 3. The number of hydrogen-bond donors (Lipinski definition) is 1. The highest BCUT2D eigenvalue weighted by Gasteiger charge is 2.46. The van der Waals surface area contributed by atoms with Gasteiger partial charge in [-0.1, -0.05) is 42.0 Å². The van der Waals surface area contributed by atoms with Gasteiger partial charge in [0.2, 0.25) is 0 Å². The number of methoxy groups -OCH3 is 2. The Hall–Kier alpha value is -4.59. The molecular formula is C31H31NO7. The van der Waals surface area contributed by atoms with Crippen molar-refractivity contribution in [2.24, 2.45) is 0 Å². The molecule has 0 aliphatic carbocycles. The van der Waals surface area contributed by atoms with Crippen LogP contribution in [-0.4, -0.2) is 48.0 Å². The van der Waals surface area contributed by atoms with Gasteiger partial charge in [-0.05, 0) is 62.2 Å². The van der Waals surface area contributed by atoms with Crippen LogP contribution in [0, 0.1) is 6.92 Å². The van der Waals surface area contributed by atoms with Crippen molar-refractivity contribution >= 4 is 23.4 Å². The second-order valence-electron chi connectivity index (χ2n) is 9.56. The number of carbonyl (C=O) groups excluding carboxylic acids is 3. The van der Waals surface area contributed by atoms with Crippen LogP contribution in [0.5, 0.6) is 11.5 Å². The van der Waals surface area contributed by atoms with Gasteiger partial charge >= 0.3 is 5.97 Å². The zero-order valence-corrected chi connectivity index (χ0v) is 22.6. The first-order valence-corrected chi connectivity index (χ1v) is 12.5. The monoisotopic (exact) mass is 529 g/mol. The summed E-state index contributed by atoms with van der Waals surface area (Å²) in [5.41, 5.74) is 2.89. The highest BCUT2D eigenvalue weighted by atomic mass is 16.5. The van der Waals surface area contributed by atoms with Crippen molar-refractivity contribution in [3.63, 3.8) is 0 Å². The molecule has 202 valence electrons. The van der Waals surface area contributed by atoms with Crippen molar-refractivity contribution in [3.05, 3.63) is 100 Å². The largest absolute Gasteiger partial charge is 0.507 e. The molecule has 0 saturated carbocycles. The van der Waals surface area contributed by atoms with Crippen LogP contribution < -0.4 is 9.47 Å². The molecule has 8 nitrogen and oxygen atoms in total. The fourth-order valence-corrected chi connectivity index (χ4v) is 4.60. The fraction of sp³-hybridized carbons (Fsp3) is 0.258. The number of hydrogen-bond acceptors (Lipinski definition) is 7. The number of nitrogens with zero attached hydrogens (tertiary/aromatic N) is 1. The summed E-state index contributed by atoms with van der Waals surface area (Å²) < 4.78 is 16.0. The molecule has 4 rings (SSSR count). The van der Waals surface area contributed by atoms with E-state index < -0.39 is 23.7 Å². The van der Waals surface area contributed by atoms with Gasteiger partial charge in [-0.25, -0.2) is 4.79 Å². The number of aryl methyl sites for hydroxylation is 1. The zero-order valence-electron chi connectivity index (χ0n) is 22.6. The SMILES string of the molecule is COc1ccc(OC)c(/C(O)=C2\C(=O)C(=O)N(Cc3ccc(C(=O)OC(C)C)cc3)C2c2cccc(C)c2)c1. The van der Waals surface area contributed by atoms with Gasteiger partial charge in [-0.3, -0.25) is 9.59 Å². The lowest BCUT2D eigenvalue weighted by Gasteiger charge is -2.26. The van der Waals surface area contributed by atoms with Gasteiger partial charge in [0.25, 0.3) is 11.7 Å². The molecule has 1 fully saturated rings. The molecule has 0 bridgehead atoms. The Labute approximate surface area is 227 Å². The standard InChI is InChI=1S/C31H31NO7/c1-18(2)39-31(36)21-11-9-20(10-12-21)17-32-27(22-8-6-7-19(3)15-22)26(29(34)30(32)35)28(33)24-16-23(37-4)13-14-25(24)38-5/h6-16,18,27,33H,17H2,1-5H3/b28-26+. The van der Waals surface area contributed by atoms with E-state index in [1.54, 1.807) is 56.3 Å². The molecule has 39 heavy (non-hydrogen) atoms. The summed E-state index contributed by atoms with van der Waals surface area (Å²) in [4.78, 5) is 40.5. The second kappa shape index (κ2) is 11.4. The van der Waals surface area contributed by atoms with Crippen LogP contribution >= 0.6 is 0 Å². The number of ether oxygens (including phenoxy) is 3. The minimum absolute atomic E-state index is 0.0470. The van der Waals surface area contributed by atoms with Crippen molar-refractivity contribution in [1.82, 2.24) is 4.90 Å². The Morgan fingerprint density at radius 1 is 0.974 bits per heavy atom. The van der Waals surface area contributed by atoms with Gasteiger partial charge in [-0.15, -0.1) is 0 Å². The predicted molar refractivity (Wildman–Crippen MR) is 146 cm³/mol. The summed E-state index contributed by atoms with van der Waals surface area (Å²) in [5, 5.41) is 11.5. The number of likely N-dealkylation sites (tertiary alicyclic amines) is 1. The van der Waals surface area contributed by atoms with E-state index in [9.17, 15) is 19.5 Å².